The van der Waals surface area contributed by atoms with Crippen molar-refractivity contribution in [3.8, 4) is 0 Å². The number of halogens is 1. The Morgan fingerprint density at radius 2 is 2.06 bits per heavy atom. The third-order valence-electron chi connectivity index (χ3n) is 3.74. The van der Waals surface area contributed by atoms with Gasteiger partial charge in [-0.15, -0.1) is 12.4 Å². The van der Waals surface area contributed by atoms with Crippen molar-refractivity contribution >= 4 is 18.3 Å². The average Bonchev–Trinajstić information content (AvgIpc) is 2.67. The molecule has 0 bridgehead atoms. The number of likely N-dealkylation sites (tertiary alicyclic amines) is 1. The molecule has 3 nitrogen and oxygen atoms in total. The van der Waals surface area contributed by atoms with E-state index in [9.17, 15) is 4.79 Å². The van der Waals surface area contributed by atoms with Gasteiger partial charge in [0, 0.05) is 19.6 Å². The zero-order valence-electron chi connectivity index (χ0n) is 10.1. The summed E-state index contributed by atoms with van der Waals surface area (Å²) in [6.45, 7) is 6.17. The summed E-state index contributed by atoms with van der Waals surface area (Å²) in [6.07, 6.45) is 4.69. The number of rotatable bonds is 1. The Morgan fingerprint density at radius 1 is 1.25 bits per heavy atom. The number of hydrogen-bond donors (Lipinski definition) is 1. The Hall–Kier alpha value is -0.280. The van der Waals surface area contributed by atoms with Crippen LogP contribution in [0.25, 0.3) is 0 Å². The monoisotopic (exact) mass is 246 g/mol. The number of amides is 1. The minimum atomic E-state index is 0. The molecule has 2 rings (SSSR count). The second-order valence-corrected chi connectivity index (χ2v) is 5.05. The Morgan fingerprint density at radius 3 is 2.75 bits per heavy atom. The minimum absolute atomic E-state index is 0. The highest BCUT2D eigenvalue weighted by Crippen LogP contribution is 2.19. The van der Waals surface area contributed by atoms with E-state index in [0.717, 1.165) is 38.5 Å². The van der Waals surface area contributed by atoms with Gasteiger partial charge in [-0.2, -0.15) is 0 Å². The second-order valence-electron chi connectivity index (χ2n) is 5.05. The molecule has 1 amide bonds. The molecule has 16 heavy (non-hydrogen) atoms. The van der Waals surface area contributed by atoms with E-state index in [1.807, 2.05) is 0 Å². The standard InChI is InChI=1S/C12H22N2O.ClH/c1-10-3-2-7-14(8-5-10)12(15)11-4-6-13-9-11;/h10-11,13H,2-9H2,1H3;1H/t10?,11-;/m1./s1. The van der Waals surface area contributed by atoms with E-state index in [2.05, 4.69) is 17.1 Å². The Bertz CT molecular complexity index is 229. The smallest absolute Gasteiger partial charge is 0.227 e. The zero-order chi connectivity index (χ0) is 10.7. The zero-order valence-corrected chi connectivity index (χ0v) is 10.9. The van der Waals surface area contributed by atoms with Gasteiger partial charge in [-0.05, 0) is 38.1 Å². The summed E-state index contributed by atoms with van der Waals surface area (Å²) in [7, 11) is 0. The summed E-state index contributed by atoms with van der Waals surface area (Å²) in [5.41, 5.74) is 0. The molecule has 0 aromatic heterocycles. The van der Waals surface area contributed by atoms with Crippen molar-refractivity contribution in [3.05, 3.63) is 0 Å². The summed E-state index contributed by atoms with van der Waals surface area (Å²) >= 11 is 0. The second kappa shape index (κ2) is 6.45. The number of carbonyl (C=O) groups excluding carboxylic acids is 1. The quantitative estimate of drug-likeness (QED) is 0.764. The molecular formula is C12H23ClN2O. The molecule has 0 saturated carbocycles. The summed E-state index contributed by atoms with van der Waals surface area (Å²) in [5.74, 6) is 1.46. The molecule has 4 heteroatoms. The van der Waals surface area contributed by atoms with Gasteiger partial charge in [0.15, 0.2) is 0 Å². The van der Waals surface area contributed by atoms with Crippen LogP contribution in [0.5, 0.6) is 0 Å². The third-order valence-corrected chi connectivity index (χ3v) is 3.74. The molecular weight excluding hydrogens is 224 g/mol. The van der Waals surface area contributed by atoms with Crippen LogP contribution in [0.2, 0.25) is 0 Å². The first-order valence-corrected chi connectivity index (χ1v) is 6.27. The maximum atomic E-state index is 12.1. The van der Waals surface area contributed by atoms with E-state index in [1.165, 1.54) is 19.3 Å². The lowest BCUT2D eigenvalue weighted by molar-refractivity contribution is -0.134. The van der Waals surface area contributed by atoms with E-state index in [0.29, 0.717) is 5.91 Å². The largest absolute Gasteiger partial charge is 0.342 e. The number of hydrogen-bond acceptors (Lipinski definition) is 2. The fourth-order valence-electron chi connectivity index (χ4n) is 2.61. The van der Waals surface area contributed by atoms with Crippen molar-refractivity contribution in [1.82, 2.24) is 10.2 Å². The van der Waals surface area contributed by atoms with Crippen LogP contribution in [0.1, 0.15) is 32.6 Å². The van der Waals surface area contributed by atoms with Gasteiger partial charge in [0.1, 0.15) is 0 Å². The van der Waals surface area contributed by atoms with Crippen LogP contribution >= 0.6 is 12.4 Å². The summed E-state index contributed by atoms with van der Waals surface area (Å²) in [5, 5.41) is 3.27. The fraction of sp³-hybridized carbons (Fsp3) is 0.917. The van der Waals surface area contributed by atoms with Gasteiger partial charge in [0.25, 0.3) is 0 Å². The molecule has 1 N–H and O–H groups in total. The molecule has 2 heterocycles. The maximum absolute atomic E-state index is 12.1. The molecule has 2 aliphatic rings. The van der Waals surface area contributed by atoms with Gasteiger partial charge in [0.2, 0.25) is 5.91 Å². The number of carbonyl (C=O) groups is 1. The van der Waals surface area contributed by atoms with Gasteiger partial charge in [-0.3, -0.25) is 4.79 Å². The normalized spacial score (nSPS) is 30.7. The van der Waals surface area contributed by atoms with E-state index in [-0.39, 0.29) is 18.3 Å². The van der Waals surface area contributed by atoms with Crippen LogP contribution in [-0.2, 0) is 4.79 Å². The molecule has 0 spiro atoms. The highest BCUT2D eigenvalue weighted by atomic mass is 35.5. The molecule has 2 saturated heterocycles. The van der Waals surface area contributed by atoms with Crippen molar-refractivity contribution in [1.29, 1.82) is 0 Å². The van der Waals surface area contributed by atoms with Crippen LogP contribution in [0.15, 0.2) is 0 Å². The van der Waals surface area contributed by atoms with Crippen molar-refractivity contribution < 1.29 is 4.79 Å². The van der Waals surface area contributed by atoms with E-state index >= 15 is 0 Å². The first-order valence-electron chi connectivity index (χ1n) is 6.27. The summed E-state index contributed by atoms with van der Waals surface area (Å²) in [4.78, 5) is 14.2. The first-order chi connectivity index (χ1) is 7.27. The Kier molecular flexibility index (Phi) is 5.56. The lowest BCUT2D eigenvalue weighted by Crippen LogP contribution is -2.37. The molecule has 1 unspecified atom stereocenters. The van der Waals surface area contributed by atoms with Crippen LogP contribution in [-0.4, -0.2) is 37.0 Å². The van der Waals surface area contributed by atoms with Crippen molar-refractivity contribution in [2.45, 2.75) is 32.6 Å². The lowest BCUT2D eigenvalue weighted by atomic mass is 10.0. The number of nitrogens with one attached hydrogen (secondary N) is 1. The van der Waals surface area contributed by atoms with Crippen molar-refractivity contribution in [3.63, 3.8) is 0 Å². The van der Waals surface area contributed by atoms with Gasteiger partial charge >= 0.3 is 0 Å². The van der Waals surface area contributed by atoms with Crippen LogP contribution in [0, 0.1) is 11.8 Å². The minimum Gasteiger partial charge on any atom is -0.342 e. The molecule has 0 aliphatic carbocycles. The SMILES string of the molecule is CC1CCCN(C(=O)[C@@H]2CCNC2)CC1.Cl. The Balaban J connectivity index is 0.00000128. The predicted octanol–water partition coefficient (Wildman–Crippen LogP) is 1.67. The van der Waals surface area contributed by atoms with Gasteiger partial charge in [-0.25, -0.2) is 0 Å². The maximum Gasteiger partial charge on any atom is 0.227 e. The molecule has 2 atom stereocenters. The van der Waals surface area contributed by atoms with Crippen molar-refractivity contribution in [2.75, 3.05) is 26.2 Å². The number of nitrogens with zero attached hydrogens (tertiary/aromatic N) is 1. The van der Waals surface area contributed by atoms with Gasteiger partial charge in [-0.1, -0.05) is 6.92 Å². The van der Waals surface area contributed by atoms with Crippen LogP contribution in [0.3, 0.4) is 0 Å². The summed E-state index contributed by atoms with van der Waals surface area (Å²) < 4.78 is 0. The topological polar surface area (TPSA) is 32.3 Å². The van der Waals surface area contributed by atoms with E-state index in [1.54, 1.807) is 0 Å². The summed E-state index contributed by atoms with van der Waals surface area (Å²) in [6, 6.07) is 0. The fourth-order valence-corrected chi connectivity index (χ4v) is 2.61. The molecule has 2 aliphatic heterocycles. The molecule has 0 aromatic carbocycles. The van der Waals surface area contributed by atoms with E-state index < -0.39 is 0 Å². The predicted molar refractivity (Wildman–Crippen MR) is 67.8 cm³/mol. The van der Waals surface area contributed by atoms with Crippen LogP contribution in [0.4, 0.5) is 0 Å². The highest BCUT2D eigenvalue weighted by Gasteiger charge is 2.27. The first kappa shape index (κ1) is 13.8. The van der Waals surface area contributed by atoms with Crippen LogP contribution < -0.4 is 5.32 Å². The molecule has 94 valence electrons. The van der Waals surface area contributed by atoms with Crippen molar-refractivity contribution in [2.24, 2.45) is 11.8 Å². The van der Waals surface area contributed by atoms with E-state index in [4.69, 9.17) is 0 Å². The molecule has 0 radical (unpaired) electrons. The lowest BCUT2D eigenvalue weighted by Gasteiger charge is -2.23. The molecule has 2 fully saturated rings. The van der Waals surface area contributed by atoms with Gasteiger partial charge < -0.3 is 10.2 Å². The Labute approximate surface area is 104 Å². The third kappa shape index (κ3) is 3.36. The van der Waals surface area contributed by atoms with Gasteiger partial charge in [0.05, 0.1) is 5.92 Å². The molecule has 0 aromatic rings. The highest BCUT2D eigenvalue weighted by molar-refractivity contribution is 5.85. The average molecular weight is 247 g/mol.